The molecule has 7 heteroatoms. The minimum Gasteiger partial charge on any atom is -0.394 e. The third-order valence-corrected chi connectivity index (χ3v) is 4.48. The monoisotopic (exact) mass is 306 g/mol. The van der Waals surface area contributed by atoms with Gasteiger partial charge in [-0.25, -0.2) is 13.1 Å². The number of rotatable bonds is 4. The highest BCUT2D eigenvalue weighted by Crippen LogP contribution is 2.36. The summed E-state index contributed by atoms with van der Waals surface area (Å²) >= 11 is 3.16. The molecule has 0 atom stereocenters. The summed E-state index contributed by atoms with van der Waals surface area (Å²) in [4.78, 5) is 3.90. The van der Waals surface area contributed by atoms with Crippen LogP contribution >= 0.6 is 15.9 Å². The van der Waals surface area contributed by atoms with Gasteiger partial charge in [-0.1, -0.05) is 0 Å². The number of hydrogen-bond acceptors (Lipinski definition) is 4. The zero-order valence-corrected chi connectivity index (χ0v) is 10.8. The fourth-order valence-electron chi connectivity index (χ4n) is 1.33. The molecule has 0 radical (unpaired) electrons. The van der Waals surface area contributed by atoms with Gasteiger partial charge in [0, 0.05) is 16.9 Å². The number of nitrogens with one attached hydrogen (secondary N) is 1. The van der Waals surface area contributed by atoms with Crippen LogP contribution in [-0.2, 0) is 10.0 Å². The molecule has 2 N–H and O–H groups in total. The van der Waals surface area contributed by atoms with Crippen molar-refractivity contribution in [2.45, 2.75) is 23.3 Å². The first-order valence-corrected chi connectivity index (χ1v) is 7.00. The lowest BCUT2D eigenvalue weighted by Gasteiger charge is -2.14. The Balaban J connectivity index is 2.26. The fraction of sp³-hybridized carbons (Fsp3) is 0.444. The molecule has 1 aliphatic carbocycles. The first-order valence-electron chi connectivity index (χ1n) is 4.73. The number of nitrogens with zero attached hydrogens (tertiary/aromatic N) is 1. The van der Waals surface area contributed by atoms with E-state index in [9.17, 15) is 8.42 Å². The lowest BCUT2D eigenvalue weighted by molar-refractivity contribution is 0.246. The van der Waals surface area contributed by atoms with E-state index in [1.165, 1.54) is 18.5 Å². The Kier molecular flexibility index (Phi) is 3.04. The molecule has 0 unspecified atom stereocenters. The van der Waals surface area contributed by atoms with Crippen LogP contribution in [0.25, 0.3) is 0 Å². The zero-order valence-electron chi connectivity index (χ0n) is 8.35. The lowest BCUT2D eigenvalue weighted by atomic mass is 10.3. The minimum absolute atomic E-state index is 0.0987. The molecule has 1 heterocycles. The van der Waals surface area contributed by atoms with Crippen molar-refractivity contribution in [3.8, 4) is 0 Å². The van der Waals surface area contributed by atoms with Gasteiger partial charge in [0.05, 0.1) is 12.1 Å². The maximum atomic E-state index is 11.9. The van der Waals surface area contributed by atoms with Crippen LogP contribution < -0.4 is 4.72 Å². The first kappa shape index (κ1) is 12.0. The van der Waals surface area contributed by atoms with Crippen molar-refractivity contribution < 1.29 is 13.5 Å². The van der Waals surface area contributed by atoms with Crippen molar-refractivity contribution in [2.75, 3.05) is 6.61 Å². The Labute approximate surface area is 102 Å². The zero-order chi connectivity index (χ0) is 11.8. The van der Waals surface area contributed by atoms with Crippen LogP contribution in [0.4, 0.5) is 0 Å². The van der Waals surface area contributed by atoms with Crippen molar-refractivity contribution in [3.63, 3.8) is 0 Å². The van der Waals surface area contributed by atoms with Crippen molar-refractivity contribution in [3.05, 3.63) is 22.9 Å². The summed E-state index contributed by atoms with van der Waals surface area (Å²) in [6.07, 6.45) is 4.13. The number of hydrogen-bond donors (Lipinski definition) is 2. The second-order valence-corrected chi connectivity index (χ2v) is 6.48. The predicted octanol–water partition coefficient (Wildman–Crippen LogP) is 0.647. The molecule has 0 amide bonds. The van der Waals surface area contributed by atoms with Gasteiger partial charge in [-0.15, -0.1) is 0 Å². The van der Waals surface area contributed by atoms with Crippen molar-refractivity contribution >= 4 is 26.0 Å². The van der Waals surface area contributed by atoms with Gasteiger partial charge >= 0.3 is 0 Å². The molecule has 0 spiro atoms. The molecule has 5 nitrogen and oxygen atoms in total. The molecular formula is C9H11BrN2O3S. The lowest BCUT2D eigenvalue weighted by Crippen LogP contribution is -2.39. The molecule has 1 saturated carbocycles. The third-order valence-electron chi connectivity index (χ3n) is 2.50. The van der Waals surface area contributed by atoms with Crippen LogP contribution in [0.2, 0.25) is 0 Å². The second kappa shape index (κ2) is 4.06. The highest BCUT2D eigenvalue weighted by Gasteiger charge is 2.45. The molecule has 0 aliphatic heterocycles. The summed E-state index contributed by atoms with van der Waals surface area (Å²) in [5.41, 5.74) is -0.652. The highest BCUT2D eigenvalue weighted by atomic mass is 79.9. The molecule has 0 aromatic carbocycles. The number of aromatic nitrogens is 1. The van der Waals surface area contributed by atoms with Crippen molar-refractivity contribution in [1.82, 2.24) is 9.71 Å². The van der Waals surface area contributed by atoms with E-state index < -0.39 is 15.6 Å². The molecule has 2 rings (SSSR count). The summed E-state index contributed by atoms with van der Waals surface area (Å²) in [7, 11) is -3.59. The van der Waals surface area contributed by atoms with E-state index in [-0.39, 0.29) is 11.5 Å². The molecule has 1 fully saturated rings. The third kappa shape index (κ3) is 2.42. The predicted molar refractivity (Wildman–Crippen MR) is 61.3 cm³/mol. The van der Waals surface area contributed by atoms with Gasteiger partial charge in [0.2, 0.25) is 10.0 Å². The molecule has 1 aromatic rings. The average molecular weight is 307 g/mol. The quantitative estimate of drug-likeness (QED) is 0.856. The van der Waals surface area contributed by atoms with E-state index in [2.05, 4.69) is 25.6 Å². The van der Waals surface area contributed by atoms with Gasteiger partial charge in [0.15, 0.2) is 0 Å². The number of aliphatic hydroxyl groups is 1. The van der Waals surface area contributed by atoms with Gasteiger partial charge in [-0.2, -0.15) is 0 Å². The van der Waals surface area contributed by atoms with Crippen LogP contribution in [0.1, 0.15) is 12.8 Å². The van der Waals surface area contributed by atoms with E-state index in [4.69, 9.17) is 5.11 Å². The topological polar surface area (TPSA) is 79.3 Å². The van der Waals surface area contributed by atoms with Gasteiger partial charge in [0.25, 0.3) is 0 Å². The van der Waals surface area contributed by atoms with Crippen LogP contribution in [0, 0.1) is 0 Å². The summed E-state index contributed by atoms with van der Waals surface area (Å²) in [6.45, 7) is -0.173. The molecule has 0 saturated heterocycles. The second-order valence-electron chi connectivity index (χ2n) is 3.88. The average Bonchev–Trinajstić information content (AvgIpc) is 2.98. The van der Waals surface area contributed by atoms with Gasteiger partial charge < -0.3 is 5.11 Å². The summed E-state index contributed by atoms with van der Waals surface area (Å²) < 4.78 is 26.9. The van der Waals surface area contributed by atoms with E-state index >= 15 is 0 Å². The van der Waals surface area contributed by atoms with E-state index in [1.54, 1.807) is 0 Å². The standard InChI is InChI=1S/C9H11BrN2O3S/c10-7-3-8(5-11-4-7)16(14,15)12-9(6-13)1-2-9/h3-5,12-13H,1-2,6H2. The Morgan fingerprint density at radius 3 is 2.69 bits per heavy atom. The number of aliphatic hydroxyl groups excluding tert-OH is 1. The number of pyridine rings is 1. The minimum atomic E-state index is -3.59. The Morgan fingerprint density at radius 2 is 2.19 bits per heavy atom. The van der Waals surface area contributed by atoms with Crippen LogP contribution in [-0.4, -0.2) is 30.7 Å². The molecule has 1 aliphatic rings. The van der Waals surface area contributed by atoms with Crippen molar-refractivity contribution in [1.29, 1.82) is 0 Å². The number of sulfonamides is 1. The van der Waals surface area contributed by atoms with E-state index in [0.29, 0.717) is 17.3 Å². The summed E-state index contributed by atoms with van der Waals surface area (Å²) in [5, 5.41) is 9.07. The number of halogens is 1. The van der Waals surface area contributed by atoms with Crippen LogP contribution in [0.3, 0.4) is 0 Å². The van der Waals surface area contributed by atoms with E-state index in [0.717, 1.165) is 0 Å². The Hall–Kier alpha value is -0.500. The SMILES string of the molecule is O=S(=O)(NC1(CO)CC1)c1cncc(Br)c1. The largest absolute Gasteiger partial charge is 0.394 e. The molecule has 0 bridgehead atoms. The van der Waals surface area contributed by atoms with Crippen LogP contribution in [0.15, 0.2) is 27.8 Å². The normalized spacial score (nSPS) is 18.4. The van der Waals surface area contributed by atoms with Crippen LogP contribution in [0.5, 0.6) is 0 Å². The molecule has 16 heavy (non-hydrogen) atoms. The van der Waals surface area contributed by atoms with Gasteiger partial charge in [-0.3, -0.25) is 4.98 Å². The first-order chi connectivity index (χ1) is 7.47. The summed E-state index contributed by atoms with van der Waals surface area (Å²) in [5.74, 6) is 0. The maximum Gasteiger partial charge on any atom is 0.242 e. The highest BCUT2D eigenvalue weighted by molar-refractivity contribution is 9.10. The Bertz CT molecular complexity index is 499. The molecule has 88 valence electrons. The summed E-state index contributed by atoms with van der Waals surface area (Å²) in [6, 6.07) is 1.47. The van der Waals surface area contributed by atoms with Gasteiger partial charge in [0.1, 0.15) is 4.90 Å². The molecular weight excluding hydrogens is 296 g/mol. The van der Waals surface area contributed by atoms with E-state index in [1.807, 2.05) is 0 Å². The maximum absolute atomic E-state index is 11.9. The fourth-order valence-corrected chi connectivity index (χ4v) is 3.28. The van der Waals surface area contributed by atoms with Crippen molar-refractivity contribution in [2.24, 2.45) is 0 Å². The molecule has 1 aromatic heterocycles. The Morgan fingerprint density at radius 1 is 1.50 bits per heavy atom. The van der Waals surface area contributed by atoms with Gasteiger partial charge in [-0.05, 0) is 34.8 Å². The smallest absolute Gasteiger partial charge is 0.242 e.